The van der Waals surface area contributed by atoms with E-state index in [4.69, 9.17) is 0 Å². The molecule has 1 fully saturated rings. The smallest absolute Gasteiger partial charge is 0.324 e. The van der Waals surface area contributed by atoms with Crippen LogP contribution in [0.1, 0.15) is 32.3 Å². The zero-order valence-electron chi connectivity index (χ0n) is 16.7. The largest absolute Gasteiger partial charge is 0.325 e. The minimum absolute atomic E-state index is 0.0318. The monoisotopic (exact) mass is 410 g/mol. The summed E-state index contributed by atoms with van der Waals surface area (Å²) in [6.07, 6.45) is 0.853. The molecule has 9 nitrogen and oxygen atoms in total. The van der Waals surface area contributed by atoms with Gasteiger partial charge in [0.15, 0.2) is 0 Å². The topological polar surface area (TPSA) is 116 Å². The van der Waals surface area contributed by atoms with Crippen molar-refractivity contribution in [1.29, 1.82) is 0 Å². The molecule has 1 aliphatic heterocycles. The Labute approximate surface area is 165 Å². The number of nitrogens with one attached hydrogen (secondary N) is 2. The minimum atomic E-state index is -3.66. The number of benzene rings is 1. The lowest BCUT2D eigenvalue weighted by Gasteiger charge is -2.23. The number of carbonyl (C=O) groups excluding carboxylic acids is 3. The summed E-state index contributed by atoms with van der Waals surface area (Å²) >= 11 is 0. The fraction of sp³-hybridized carbons (Fsp3) is 0.500. The van der Waals surface area contributed by atoms with Crippen LogP contribution in [-0.2, 0) is 19.6 Å². The molecular weight excluding hydrogens is 384 g/mol. The second kappa shape index (κ2) is 7.88. The number of aryl methyl sites for hydroxylation is 1. The van der Waals surface area contributed by atoms with Crippen LogP contribution >= 0.6 is 0 Å². The molecule has 1 heterocycles. The van der Waals surface area contributed by atoms with Gasteiger partial charge in [-0.05, 0) is 37.5 Å². The molecule has 1 aromatic carbocycles. The van der Waals surface area contributed by atoms with Gasteiger partial charge in [0.2, 0.25) is 15.9 Å². The Morgan fingerprint density at radius 3 is 2.32 bits per heavy atom. The van der Waals surface area contributed by atoms with Gasteiger partial charge in [-0.15, -0.1) is 0 Å². The minimum Gasteiger partial charge on any atom is -0.324 e. The third-order valence-electron chi connectivity index (χ3n) is 5.02. The van der Waals surface area contributed by atoms with E-state index in [2.05, 4.69) is 10.6 Å². The van der Waals surface area contributed by atoms with Gasteiger partial charge < -0.3 is 10.6 Å². The molecule has 0 aromatic heterocycles. The predicted molar refractivity (Wildman–Crippen MR) is 104 cm³/mol. The van der Waals surface area contributed by atoms with Crippen molar-refractivity contribution < 1.29 is 22.8 Å². The van der Waals surface area contributed by atoms with Crippen LogP contribution in [0.25, 0.3) is 0 Å². The number of imide groups is 1. The summed E-state index contributed by atoms with van der Waals surface area (Å²) < 4.78 is 25.7. The fourth-order valence-electron chi connectivity index (χ4n) is 2.99. The lowest BCUT2D eigenvalue weighted by Crippen LogP contribution is -2.46. The number of hydrogen-bond acceptors (Lipinski definition) is 5. The van der Waals surface area contributed by atoms with Gasteiger partial charge in [-0.25, -0.2) is 17.5 Å². The molecule has 1 saturated heterocycles. The van der Waals surface area contributed by atoms with Crippen LogP contribution in [0, 0.1) is 6.92 Å². The maximum Gasteiger partial charge on any atom is 0.325 e. The molecule has 154 valence electrons. The Balaban J connectivity index is 2.20. The second-order valence-corrected chi connectivity index (χ2v) is 9.07. The zero-order chi connectivity index (χ0) is 21.3. The van der Waals surface area contributed by atoms with Gasteiger partial charge in [-0.3, -0.25) is 14.5 Å². The average molecular weight is 410 g/mol. The van der Waals surface area contributed by atoms with Crippen molar-refractivity contribution in [3.63, 3.8) is 0 Å². The van der Waals surface area contributed by atoms with E-state index in [1.807, 2.05) is 0 Å². The number of nitrogens with zero attached hydrogens (tertiary/aromatic N) is 2. The van der Waals surface area contributed by atoms with Crippen molar-refractivity contribution in [3.05, 3.63) is 23.8 Å². The first-order valence-electron chi connectivity index (χ1n) is 8.95. The van der Waals surface area contributed by atoms with E-state index in [-0.39, 0.29) is 4.90 Å². The van der Waals surface area contributed by atoms with Crippen molar-refractivity contribution in [2.75, 3.05) is 26.0 Å². The molecule has 1 aliphatic rings. The van der Waals surface area contributed by atoms with Crippen LogP contribution in [0.5, 0.6) is 0 Å². The quantitative estimate of drug-likeness (QED) is 0.657. The highest BCUT2D eigenvalue weighted by Gasteiger charge is 2.49. The third kappa shape index (κ3) is 3.88. The average Bonchev–Trinajstić information content (AvgIpc) is 2.87. The van der Waals surface area contributed by atoms with Crippen LogP contribution in [0.2, 0.25) is 0 Å². The first-order valence-corrected chi connectivity index (χ1v) is 10.4. The molecule has 0 bridgehead atoms. The lowest BCUT2D eigenvalue weighted by molar-refractivity contribution is -0.134. The molecule has 0 unspecified atom stereocenters. The molecule has 2 rings (SSSR count). The Morgan fingerprint density at radius 1 is 1.21 bits per heavy atom. The molecule has 2 N–H and O–H groups in total. The van der Waals surface area contributed by atoms with Gasteiger partial charge in [0.1, 0.15) is 12.1 Å². The van der Waals surface area contributed by atoms with E-state index < -0.39 is 40.0 Å². The number of sulfonamides is 1. The van der Waals surface area contributed by atoms with Crippen LogP contribution in [0.15, 0.2) is 23.1 Å². The third-order valence-corrected chi connectivity index (χ3v) is 6.83. The second-order valence-electron chi connectivity index (χ2n) is 6.92. The SMILES string of the molecule is CCC1(CC)NC(=O)N(CC(=O)Nc2cc(S(=O)(=O)N(C)C)ccc2C)C1=O. The summed E-state index contributed by atoms with van der Waals surface area (Å²) in [6, 6.07) is 3.79. The number of hydrogen-bond donors (Lipinski definition) is 2. The van der Waals surface area contributed by atoms with Crippen molar-refractivity contribution in [2.45, 2.75) is 44.0 Å². The highest BCUT2D eigenvalue weighted by molar-refractivity contribution is 7.89. The van der Waals surface area contributed by atoms with Crippen LogP contribution in [-0.4, -0.2) is 61.6 Å². The summed E-state index contributed by atoms with van der Waals surface area (Å²) in [6.45, 7) is 4.86. The summed E-state index contributed by atoms with van der Waals surface area (Å²) in [7, 11) is -0.830. The van der Waals surface area contributed by atoms with E-state index in [1.54, 1.807) is 26.8 Å². The van der Waals surface area contributed by atoms with Crippen molar-refractivity contribution in [1.82, 2.24) is 14.5 Å². The molecular formula is C18H26N4O5S. The van der Waals surface area contributed by atoms with Gasteiger partial charge in [0.05, 0.1) is 4.90 Å². The van der Waals surface area contributed by atoms with Gasteiger partial charge in [-0.1, -0.05) is 19.9 Å². The standard InChI is InChI=1S/C18H26N4O5S/c1-6-18(7-2)16(24)22(17(25)20-18)11-15(23)19-14-10-13(9-8-12(14)3)28(26,27)21(4)5/h8-10H,6-7,11H2,1-5H3,(H,19,23)(H,20,25). The molecule has 0 saturated carbocycles. The molecule has 10 heteroatoms. The number of amides is 4. The van der Waals surface area contributed by atoms with Crippen LogP contribution < -0.4 is 10.6 Å². The maximum absolute atomic E-state index is 12.6. The van der Waals surface area contributed by atoms with E-state index in [0.29, 0.717) is 24.1 Å². The number of urea groups is 1. The molecule has 4 amide bonds. The van der Waals surface area contributed by atoms with Gasteiger partial charge in [-0.2, -0.15) is 0 Å². The van der Waals surface area contributed by atoms with Gasteiger partial charge in [0, 0.05) is 19.8 Å². The van der Waals surface area contributed by atoms with E-state index >= 15 is 0 Å². The normalized spacial score (nSPS) is 16.4. The number of rotatable bonds is 7. The highest BCUT2D eigenvalue weighted by Crippen LogP contribution is 2.25. The van der Waals surface area contributed by atoms with E-state index in [0.717, 1.165) is 9.21 Å². The summed E-state index contributed by atoms with van der Waals surface area (Å²) in [5, 5.41) is 5.26. The van der Waals surface area contributed by atoms with Crippen molar-refractivity contribution in [3.8, 4) is 0 Å². The summed E-state index contributed by atoms with van der Waals surface area (Å²) in [5.74, 6) is -1.02. The van der Waals surface area contributed by atoms with Gasteiger partial charge in [0.25, 0.3) is 5.91 Å². The van der Waals surface area contributed by atoms with Crippen LogP contribution in [0.3, 0.4) is 0 Å². The zero-order valence-corrected chi connectivity index (χ0v) is 17.5. The Hall–Kier alpha value is -2.46. The van der Waals surface area contributed by atoms with E-state index in [1.165, 1.54) is 26.2 Å². The Morgan fingerprint density at radius 2 is 1.82 bits per heavy atom. The first kappa shape index (κ1) is 21.8. The first-order chi connectivity index (χ1) is 13.0. The molecule has 0 atom stereocenters. The Bertz CT molecular complexity index is 907. The lowest BCUT2D eigenvalue weighted by atomic mass is 9.93. The summed E-state index contributed by atoms with van der Waals surface area (Å²) in [5.41, 5.74) is -0.0237. The number of anilines is 1. The molecule has 0 aliphatic carbocycles. The maximum atomic E-state index is 12.6. The molecule has 1 aromatic rings. The van der Waals surface area contributed by atoms with E-state index in [9.17, 15) is 22.8 Å². The Kier molecular flexibility index (Phi) is 6.15. The van der Waals surface area contributed by atoms with Crippen molar-refractivity contribution in [2.24, 2.45) is 0 Å². The van der Waals surface area contributed by atoms with Gasteiger partial charge >= 0.3 is 6.03 Å². The molecule has 28 heavy (non-hydrogen) atoms. The molecule has 0 spiro atoms. The number of carbonyl (C=O) groups is 3. The van der Waals surface area contributed by atoms with Crippen LogP contribution in [0.4, 0.5) is 10.5 Å². The predicted octanol–water partition coefficient (Wildman–Crippen LogP) is 1.29. The molecule has 0 radical (unpaired) electrons. The highest BCUT2D eigenvalue weighted by atomic mass is 32.2. The fourth-order valence-corrected chi connectivity index (χ4v) is 3.92. The summed E-state index contributed by atoms with van der Waals surface area (Å²) in [4.78, 5) is 38.1. The van der Waals surface area contributed by atoms with Crippen molar-refractivity contribution >= 4 is 33.6 Å².